The number of fused-ring (bicyclic) bond motifs is 2. The Bertz CT molecular complexity index is 758. The molecule has 1 aliphatic carbocycles. The van der Waals surface area contributed by atoms with Crippen LogP contribution in [0.3, 0.4) is 0 Å². The molecule has 1 spiro atoms. The first-order valence-corrected chi connectivity index (χ1v) is 9.52. The predicted molar refractivity (Wildman–Crippen MR) is 101 cm³/mol. The van der Waals surface area contributed by atoms with Gasteiger partial charge in [0.05, 0.1) is 6.54 Å². The minimum Gasteiger partial charge on any atom is -0.349 e. The van der Waals surface area contributed by atoms with Crippen LogP contribution in [0.2, 0.25) is 0 Å². The lowest BCUT2D eigenvalue weighted by molar-refractivity contribution is 0.478. The highest BCUT2D eigenvalue weighted by Crippen LogP contribution is 2.50. The fourth-order valence-electron chi connectivity index (χ4n) is 4.23. The van der Waals surface area contributed by atoms with Gasteiger partial charge >= 0.3 is 0 Å². The van der Waals surface area contributed by atoms with Gasteiger partial charge in [-0.25, -0.2) is 4.98 Å². The normalized spacial score (nSPS) is 19.1. The molecule has 2 aliphatic rings. The third-order valence-electron chi connectivity index (χ3n) is 5.32. The van der Waals surface area contributed by atoms with E-state index in [9.17, 15) is 0 Å². The summed E-state index contributed by atoms with van der Waals surface area (Å²) < 4.78 is 0. The second kappa shape index (κ2) is 6.20. The van der Waals surface area contributed by atoms with Gasteiger partial charge in [-0.1, -0.05) is 31.0 Å². The van der Waals surface area contributed by atoms with Crippen molar-refractivity contribution >= 4 is 23.0 Å². The van der Waals surface area contributed by atoms with E-state index < -0.39 is 0 Å². The van der Waals surface area contributed by atoms with Gasteiger partial charge in [-0.3, -0.25) is 4.99 Å². The van der Waals surface area contributed by atoms with Gasteiger partial charge in [0.1, 0.15) is 5.01 Å². The van der Waals surface area contributed by atoms with E-state index in [2.05, 4.69) is 51.4 Å². The molecule has 4 nitrogen and oxygen atoms in total. The zero-order valence-electron chi connectivity index (χ0n) is 14.4. The molecule has 24 heavy (non-hydrogen) atoms. The fourth-order valence-corrected chi connectivity index (χ4v) is 4.96. The quantitative estimate of drug-likeness (QED) is 0.667. The smallest absolute Gasteiger partial charge is 0.198 e. The molecule has 1 fully saturated rings. The van der Waals surface area contributed by atoms with E-state index in [0.29, 0.717) is 5.41 Å². The van der Waals surface area contributed by atoms with Crippen molar-refractivity contribution in [1.82, 2.24) is 10.3 Å². The Morgan fingerprint density at radius 1 is 1.33 bits per heavy atom. The molecule has 2 heterocycles. The van der Waals surface area contributed by atoms with E-state index in [1.807, 2.05) is 13.2 Å². The number of para-hydroxylation sites is 1. The van der Waals surface area contributed by atoms with E-state index >= 15 is 0 Å². The highest BCUT2D eigenvalue weighted by molar-refractivity contribution is 7.11. The van der Waals surface area contributed by atoms with Gasteiger partial charge in [-0.05, 0) is 31.4 Å². The summed E-state index contributed by atoms with van der Waals surface area (Å²) in [7, 11) is 1.87. The molecule has 0 bridgehead atoms. The van der Waals surface area contributed by atoms with Crippen molar-refractivity contribution in [2.45, 2.75) is 44.6 Å². The lowest BCUT2D eigenvalue weighted by atomic mass is 9.81. The fraction of sp³-hybridized carbons (Fsp3) is 0.474. The number of benzene rings is 1. The lowest BCUT2D eigenvalue weighted by Gasteiger charge is -2.26. The summed E-state index contributed by atoms with van der Waals surface area (Å²) in [6.45, 7) is 3.87. The summed E-state index contributed by atoms with van der Waals surface area (Å²) in [6.07, 6.45) is 7.20. The Hall–Kier alpha value is -1.88. The summed E-state index contributed by atoms with van der Waals surface area (Å²) in [5.74, 6) is 0.957. The molecule has 5 heteroatoms. The van der Waals surface area contributed by atoms with Crippen LogP contribution in [0.5, 0.6) is 0 Å². The summed E-state index contributed by atoms with van der Waals surface area (Å²) in [6, 6.07) is 8.87. The van der Waals surface area contributed by atoms with Crippen LogP contribution in [0.1, 0.15) is 41.1 Å². The van der Waals surface area contributed by atoms with Crippen molar-refractivity contribution in [1.29, 1.82) is 0 Å². The third kappa shape index (κ3) is 2.61. The highest BCUT2D eigenvalue weighted by atomic mass is 32.1. The molecule has 0 amide bonds. The van der Waals surface area contributed by atoms with Gasteiger partial charge in [0, 0.05) is 35.8 Å². The van der Waals surface area contributed by atoms with E-state index in [4.69, 9.17) is 0 Å². The van der Waals surface area contributed by atoms with Crippen LogP contribution in [-0.2, 0) is 12.0 Å². The topological polar surface area (TPSA) is 40.5 Å². The molecule has 0 atom stereocenters. The first kappa shape index (κ1) is 15.6. The summed E-state index contributed by atoms with van der Waals surface area (Å²) in [4.78, 5) is 12.6. The van der Waals surface area contributed by atoms with Gasteiger partial charge in [-0.15, -0.1) is 11.3 Å². The van der Waals surface area contributed by atoms with E-state index in [0.717, 1.165) is 24.1 Å². The summed E-state index contributed by atoms with van der Waals surface area (Å²) in [5, 5.41) is 4.62. The average Bonchev–Trinajstić information content (AvgIpc) is 3.31. The van der Waals surface area contributed by atoms with Crippen LogP contribution < -0.4 is 10.2 Å². The molecule has 1 N–H and O–H groups in total. The molecule has 0 radical (unpaired) electrons. The van der Waals surface area contributed by atoms with Crippen LogP contribution in [0.25, 0.3) is 0 Å². The van der Waals surface area contributed by atoms with E-state index in [1.54, 1.807) is 11.3 Å². The number of nitrogens with one attached hydrogen (secondary N) is 1. The van der Waals surface area contributed by atoms with Crippen LogP contribution >= 0.6 is 11.3 Å². The number of hydrogen-bond acceptors (Lipinski definition) is 3. The monoisotopic (exact) mass is 340 g/mol. The average molecular weight is 340 g/mol. The molecule has 126 valence electrons. The van der Waals surface area contributed by atoms with E-state index in [-0.39, 0.29) is 0 Å². The van der Waals surface area contributed by atoms with Crippen molar-refractivity contribution < 1.29 is 0 Å². The van der Waals surface area contributed by atoms with Crippen LogP contribution in [0.4, 0.5) is 5.69 Å². The Morgan fingerprint density at radius 2 is 2.12 bits per heavy atom. The largest absolute Gasteiger partial charge is 0.349 e. The zero-order valence-corrected chi connectivity index (χ0v) is 15.2. The maximum Gasteiger partial charge on any atom is 0.198 e. The second-order valence-electron chi connectivity index (χ2n) is 6.86. The van der Waals surface area contributed by atoms with Crippen LogP contribution in [-0.4, -0.2) is 24.5 Å². The lowest BCUT2D eigenvalue weighted by Crippen LogP contribution is -2.43. The maximum absolute atomic E-state index is 4.55. The number of aryl methyl sites for hydroxylation is 1. The van der Waals surface area contributed by atoms with Gasteiger partial charge < -0.3 is 10.2 Å². The molecule has 4 rings (SSSR count). The standard InChI is InChI=1S/C19H24N4S/c1-14-11-21-17(24-14)12-22-18(20-2)23-13-19(9-5-6-10-19)15-7-3-4-8-16(15)23/h3-4,7-8,11H,5-6,9-10,12-13H2,1-2H3,(H,20,22). The SMILES string of the molecule is CN=C(NCc1ncc(C)s1)N1CC2(CCCC2)c2ccccc21. The number of rotatable bonds is 2. The molecule has 0 saturated heterocycles. The molecular weight excluding hydrogens is 316 g/mol. The molecule has 2 aromatic rings. The van der Waals surface area contributed by atoms with Gasteiger partial charge in [-0.2, -0.15) is 0 Å². The number of thiazole rings is 1. The Morgan fingerprint density at radius 3 is 2.83 bits per heavy atom. The molecular formula is C19H24N4S. The maximum atomic E-state index is 4.55. The third-order valence-corrected chi connectivity index (χ3v) is 6.23. The first-order valence-electron chi connectivity index (χ1n) is 8.71. The van der Waals surface area contributed by atoms with E-state index in [1.165, 1.54) is 41.8 Å². The molecule has 1 aromatic heterocycles. The van der Waals surface area contributed by atoms with Crippen molar-refractivity contribution in [2.24, 2.45) is 4.99 Å². The molecule has 1 aliphatic heterocycles. The second-order valence-corrected chi connectivity index (χ2v) is 8.18. The van der Waals surface area contributed by atoms with Crippen LogP contribution in [0.15, 0.2) is 35.5 Å². The van der Waals surface area contributed by atoms with Crippen molar-refractivity contribution in [3.05, 3.63) is 45.9 Å². The Kier molecular flexibility index (Phi) is 4.04. The van der Waals surface area contributed by atoms with Crippen molar-refractivity contribution in [3.8, 4) is 0 Å². The van der Waals surface area contributed by atoms with Crippen molar-refractivity contribution in [2.75, 3.05) is 18.5 Å². The number of aromatic nitrogens is 1. The van der Waals surface area contributed by atoms with Gasteiger partial charge in [0.25, 0.3) is 0 Å². The van der Waals surface area contributed by atoms with Gasteiger partial charge in [0.15, 0.2) is 5.96 Å². The number of hydrogen-bond donors (Lipinski definition) is 1. The van der Waals surface area contributed by atoms with Crippen molar-refractivity contribution in [3.63, 3.8) is 0 Å². The number of anilines is 1. The summed E-state index contributed by atoms with van der Waals surface area (Å²) in [5.41, 5.74) is 3.16. The highest BCUT2D eigenvalue weighted by Gasteiger charge is 2.45. The Balaban J connectivity index is 1.58. The molecule has 1 aromatic carbocycles. The molecule has 0 unspecified atom stereocenters. The summed E-state index contributed by atoms with van der Waals surface area (Å²) >= 11 is 1.74. The minimum absolute atomic E-state index is 0.325. The minimum atomic E-state index is 0.325. The number of aliphatic imine (C=N–C) groups is 1. The Labute approximate surface area is 147 Å². The van der Waals surface area contributed by atoms with Crippen LogP contribution in [0, 0.1) is 6.92 Å². The number of guanidine groups is 1. The zero-order chi connectivity index (χ0) is 16.6. The predicted octanol–water partition coefficient (Wildman–Crippen LogP) is 3.86. The number of nitrogens with zero attached hydrogens (tertiary/aromatic N) is 3. The van der Waals surface area contributed by atoms with Gasteiger partial charge in [0.2, 0.25) is 0 Å². The molecule has 1 saturated carbocycles. The first-order chi connectivity index (χ1) is 11.7.